The van der Waals surface area contributed by atoms with Crippen molar-refractivity contribution in [3.63, 3.8) is 0 Å². The second-order valence-corrected chi connectivity index (χ2v) is 4.47. The molecule has 2 aromatic rings. The molecule has 0 atom stereocenters. The number of amides is 2. The number of hydrogen-bond donors (Lipinski definition) is 1. The van der Waals surface area contributed by atoms with Crippen LogP contribution in [0.3, 0.4) is 0 Å². The van der Waals surface area contributed by atoms with E-state index in [2.05, 4.69) is 10.3 Å². The molecule has 0 aliphatic carbocycles. The first-order chi connectivity index (χ1) is 9.24. The molecule has 2 amide bonds. The molecule has 19 heavy (non-hydrogen) atoms. The van der Waals surface area contributed by atoms with Crippen LogP contribution < -0.4 is 5.32 Å². The van der Waals surface area contributed by atoms with E-state index in [1.165, 1.54) is 4.90 Å². The van der Waals surface area contributed by atoms with E-state index in [1.807, 2.05) is 36.4 Å². The van der Waals surface area contributed by atoms with E-state index in [0.29, 0.717) is 0 Å². The maximum atomic E-state index is 11.7. The van der Waals surface area contributed by atoms with E-state index in [0.717, 1.165) is 16.6 Å². The molecule has 2 heterocycles. The molecular weight excluding hydrogens is 242 g/mol. The summed E-state index contributed by atoms with van der Waals surface area (Å²) >= 11 is 0. The molecule has 0 unspecified atom stereocenters. The third-order valence-electron chi connectivity index (χ3n) is 3.13. The Bertz CT molecular complexity index is 638. The van der Waals surface area contributed by atoms with Crippen LogP contribution in [0.4, 0.5) is 0 Å². The van der Waals surface area contributed by atoms with E-state index in [-0.39, 0.29) is 31.4 Å². The van der Waals surface area contributed by atoms with Crippen LogP contribution in [0.15, 0.2) is 36.4 Å². The molecule has 1 aliphatic rings. The lowest BCUT2D eigenvalue weighted by Crippen LogP contribution is -2.51. The number of imide groups is 1. The number of rotatable bonds is 2. The molecule has 96 valence electrons. The smallest absolute Gasteiger partial charge is 0.243 e. The Kier molecular flexibility index (Phi) is 2.97. The topological polar surface area (TPSA) is 62.3 Å². The molecule has 0 spiro atoms. The van der Waals surface area contributed by atoms with Gasteiger partial charge in [-0.15, -0.1) is 0 Å². The minimum atomic E-state index is -0.203. The van der Waals surface area contributed by atoms with Crippen LogP contribution in [0.2, 0.25) is 0 Å². The first-order valence-electron chi connectivity index (χ1n) is 6.12. The number of nitrogens with one attached hydrogen (secondary N) is 1. The van der Waals surface area contributed by atoms with Gasteiger partial charge in [0, 0.05) is 5.39 Å². The van der Waals surface area contributed by atoms with Gasteiger partial charge in [-0.3, -0.25) is 24.8 Å². The third-order valence-corrected chi connectivity index (χ3v) is 3.13. The van der Waals surface area contributed by atoms with Crippen molar-refractivity contribution in [2.24, 2.45) is 0 Å². The van der Waals surface area contributed by atoms with E-state index in [1.54, 1.807) is 0 Å². The van der Waals surface area contributed by atoms with Crippen LogP contribution >= 0.6 is 0 Å². The Labute approximate surface area is 110 Å². The second kappa shape index (κ2) is 4.78. The number of aromatic nitrogens is 1. The van der Waals surface area contributed by atoms with Gasteiger partial charge in [-0.1, -0.05) is 24.3 Å². The zero-order chi connectivity index (χ0) is 13.2. The Hall–Kier alpha value is -2.27. The molecule has 5 heteroatoms. The zero-order valence-corrected chi connectivity index (χ0v) is 10.3. The molecule has 1 aliphatic heterocycles. The highest BCUT2D eigenvalue weighted by Gasteiger charge is 2.25. The van der Waals surface area contributed by atoms with Crippen molar-refractivity contribution < 1.29 is 9.59 Å². The van der Waals surface area contributed by atoms with E-state index in [9.17, 15) is 9.59 Å². The third kappa shape index (κ3) is 2.32. The van der Waals surface area contributed by atoms with Crippen molar-refractivity contribution >= 4 is 22.7 Å². The van der Waals surface area contributed by atoms with Crippen molar-refractivity contribution in [1.82, 2.24) is 15.2 Å². The van der Waals surface area contributed by atoms with E-state index < -0.39 is 0 Å². The molecule has 0 radical (unpaired) electrons. The average molecular weight is 255 g/mol. The van der Waals surface area contributed by atoms with Gasteiger partial charge < -0.3 is 0 Å². The average Bonchev–Trinajstić information content (AvgIpc) is 2.43. The number of pyridine rings is 1. The summed E-state index contributed by atoms with van der Waals surface area (Å²) in [6.07, 6.45) is 0. The Morgan fingerprint density at radius 1 is 1.05 bits per heavy atom. The number of fused-ring (bicyclic) bond motifs is 1. The number of piperazine rings is 1. The molecule has 1 aromatic carbocycles. The van der Waals surface area contributed by atoms with Crippen molar-refractivity contribution in [2.45, 2.75) is 6.54 Å². The number of carbonyl (C=O) groups is 2. The molecule has 0 saturated carbocycles. The second-order valence-electron chi connectivity index (χ2n) is 4.47. The van der Waals surface area contributed by atoms with E-state index >= 15 is 0 Å². The number of hydrogen-bond acceptors (Lipinski definition) is 4. The fourth-order valence-corrected chi connectivity index (χ4v) is 2.14. The highest BCUT2D eigenvalue weighted by atomic mass is 16.2. The van der Waals surface area contributed by atoms with Crippen LogP contribution in [0.1, 0.15) is 5.69 Å². The standard InChI is InChI=1S/C14H13N3O2/c18-13-7-15-8-14(19)17(13)9-11-6-5-10-3-1-2-4-12(10)16-11/h1-6,15H,7-9H2. The predicted octanol–water partition coefficient (Wildman–Crippen LogP) is 0.693. The fraction of sp³-hybridized carbons (Fsp3) is 0.214. The van der Waals surface area contributed by atoms with Gasteiger partial charge in [0.15, 0.2) is 0 Å². The zero-order valence-electron chi connectivity index (χ0n) is 10.3. The van der Waals surface area contributed by atoms with Crippen LogP contribution in [0.25, 0.3) is 10.9 Å². The lowest BCUT2D eigenvalue weighted by Gasteiger charge is -2.25. The molecular formula is C14H13N3O2. The Morgan fingerprint density at radius 3 is 2.58 bits per heavy atom. The largest absolute Gasteiger partial charge is 0.300 e. The summed E-state index contributed by atoms with van der Waals surface area (Å²) in [6, 6.07) is 11.6. The van der Waals surface area contributed by atoms with Crippen molar-refractivity contribution in [3.05, 3.63) is 42.1 Å². The monoisotopic (exact) mass is 255 g/mol. The van der Waals surface area contributed by atoms with Crippen LogP contribution in [-0.4, -0.2) is 34.8 Å². The minimum absolute atomic E-state index is 0.203. The Morgan fingerprint density at radius 2 is 1.79 bits per heavy atom. The summed E-state index contributed by atoms with van der Waals surface area (Å²) in [6.45, 7) is 0.656. The molecule has 1 aromatic heterocycles. The van der Waals surface area contributed by atoms with Gasteiger partial charge in [-0.05, 0) is 12.1 Å². The van der Waals surface area contributed by atoms with Crippen molar-refractivity contribution in [3.8, 4) is 0 Å². The van der Waals surface area contributed by atoms with Crippen LogP contribution in [-0.2, 0) is 16.1 Å². The fourth-order valence-electron chi connectivity index (χ4n) is 2.14. The maximum Gasteiger partial charge on any atom is 0.243 e. The van der Waals surface area contributed by atoms with Crippen LogP contribution in [0.5, 0.6) is 0 Å². The molecule has 0 bridgehead atoms. The number of nitrogens with zero attached hydrogens (tertiary/aromatic N) is 2. The summed E-state index contributed by atoms with van der Waals surface area (Å²) < 4.78 is 0. The Balaban J connectivity index is 1.88. The normalized spacial score (nSPS) is 16.1. The number of carbonyl (C=O) groups excluding carboxylic acids is 2. The van der Waals surface area contributed by atoms with Gasteiger partial charge in [0.05, 0.1) is 30.8 Å². The first-order valence-corrected chi connectivity index (χ1v) is 6.12. The summed E-state index contributed by atoms with van der Waals surface area (Å²) in [5.41, 5.74) is 1.59. The predicted molar refractivity (Wildman–Crippen MR) is 70.2 cm³/mol. The SMILES string of the molecule is O=C1CNCC(=O)N1Cc1ccc2ccccc2n1. The van der Waals surface area contributed by atoms with Gasteiger partial charge >= 0.3 is 0 Å². The van der Waals surface area contributed by atoms with Crippen molar-refractivity contribution in [2.75, 3.05) is 13.1 Å². The summed E-state index contributed by atoms with van der Waals surface area (Å²) in [7, 11) is 0. The lowest BCUT2D eigenvalue weighted by atomic mass is 10.2. The molecule has 1 fully saturated rings. The van der Waals surface area contributed by atoms with Gasteiger partial charge in [0.2, 0.25) is 11.8 Å². The summed E-state index contributed by atoms with van der Waals surface area (Å²) in [4.78, 5) is 29.1. The van der Waals surface area contributed by atoms with Gasteiger partial charge in [-0.25, -0.2) is 0 Å². The summed E-state index contributed by atoms with van der Waals surface area (Å²) in [5.74, 6) is -0.405. The van der Waals surface area contributed by atoms with E-state index in [4.69, 9.17) is 0 Å². The van der Waals surface area contributed by atoms with Gasteiger partial charge in [0.25, 0.3) is 0 Å². The quantitative estimate of drug-likeness (QED) is 0.802. The highest BCUT2D eigenvalue weighted by molar-refractivity contribution is 5.99. The number of para-hydroxylation sites is 1. The van der Waals surface area contributed by atoms with Crippen molar-refractivity contribution in [1.29, 1.82) is 0 Å². The molecule has 3 rings (SSSR count). The van der Waals surface area contributed by atoms with Crippen LogP contribution in [0, 0.1) is 0 Å². The molecule has 1 saturated heterocycles. The maximum absolute atomic E-state index is 11.7. The number of benzene rings is 1. The first kappa shape index (κ1) is 11.8. The van der Waals surface area contributed by atoms with Gasteiger partial charge in [0.1, 0.15) is 0 Å². The highest BCUT2D eigenvalue weighted by Crippen LogP contribution is 2.13. The summed E-state index contributed by atoms with van der Waals surface area (Å²) in [5, 5.41) is 3.81. The molecule has 5 nitrogen and oxygen atoms in total. The lowest BCUT2D eigenvalue weighted by molar-refractivity contribution is -0.147. The van der Waals surface area contributed by atoms with Gasteiger partial charge in [-0.2, -0.15) is 0 Å². The molecule has 1 N–H and O–H groups in total. The minimum Gasteiger partial charge on any atom is -0.300 e.